The van der Waals surface area contributed by atoms with Gasteiger partial charge >= 0.3 is 0 Å². The third-order valence-corrected chi connectivity index (χ3v) is 8.13. The summed E-state index contributed by atoms with van der Waals surface area (Å²) in [7, 11) is 0. The zero-order valence-electron chi connectivity index (χ0n) is 21.1. The van der Waals surface area contributed by atoms with Gasteiger partial charge in [-0.1, -0.05) is 26.7 Å². The number of nitrogens with one attached hydrogen (secondary N) is 1. The molecule has 2 aromatic carbocycles. The summed E-state index contributed by atoms with van der Waals surface area (Å²) < 4.78 is 6.99. The van der Waals surface area contributed by atoms with Crippen molar-refractivity contribution >= 4 is 33.3 Å². The molecule has 3 aromatic rings. The van der Waals surface area contributed by atoms with Gasteiger partial charge in [0.2, 0.25) is 0 Å². The first-order valence-corrected chi connectivity index (χ1v) is 13.9. The van der Waals surface area contributed by atoms with Crippen molar-refractivity contribution in [2.75, 3.05) is 36.4 Å². The Kier molecular flexibility index (Phi) is 6.01. The molecule has 3 aliphatic rings. The minimum atomic E-state index is 0.892. The Hall–Kier alpha value is -2.49. The van der Waals surface area contributed by atoms with E-state index in [1.54, 1.807) is 0 Å². The Morgan fingerprint density at radius 3 is 2.53 bits per heavy atom. The number of fused-ring (bicyclic) bond motifs is 5. The third kappa shape index (κ3) is 3.61. The predicted octanol–water partition coefficient (Wildman–Crippen LogP) is 6.69. The average Bonchev–Trinajstić information content (AvgIpc) is 2.88. The van der Waals surface area contributed by atoms with Crippen molar-refractivity contribution in [1.82, 2.24) is 0 Å². The van der Waals surface area contributed by atoms with Crippen LogP contribution in [-0.2, 0) is 25.7 Å². The van der Waals surface area contributed by atoms with Gasteiger partial charge in [-0.3, -0.25) is 4.99 Å². The van der Waals surface area contributed by atoms with Crippen LogP contribution >= 0.6 is 0 Å². The second-order valence-corrected chi connectivity index (χ2v) is 10.5. The molecule has 0 saturated heterocycles. The van der Waals surface area contributed by atoms with E-state index in [9.17, 15) is 0 Å². The van der Waals surface area contributed by atoms with Crippen molar-refractivity contribution < 1.29 is 4.42 Å². The summed E-state index contributed by atoms with van der Waals surface area (Å²) in [5.74, 6) is 0. The van der Waals surface area contributed by atoms with E-state index in [1.807, 2.05) is 0 Å². The van der Waals surface area contributed by atoms with E-state index < -0.39 is 0 Å². The van der Waals surface area contributed by atoms with Crippen LogP contribution in [0.3, 0.4) is 0 Å². The van der Waals surface area contributed by atoms with E-state index in [1.165, 1.54) is 108 Å². The summed E-state index contributed by atoms with van der Waals surface area (Å²) in [4.78, 5) is 7.91. The lowest BCUT2D eigenvalue weighted by atomic mass is 9.88. The third-order valence-electron chi connectivity index (χ3n) is 8.13. The number of anilines is 2. The smallest absolute Gasteiger partial charge is 0.142 e. The van der Waals surface area contributed by atoms with Crippen LogP contribution in [0, 0.1) is 0 Å². The van der Waals surface area contributed by atoms with Crippen LogP contribution in [0.1, 0.15) is 81.0 Å². The standard InChI is InChI=1S/C30H39N3O/c1-3-5-10-20-18-24-27(32-14-6-4-2)25-19-21-11-8-16-33-17-9-13-23(28(21)33)30(25)34-29(24)22-12-7-15-31-26(20)22/h18-19,31H,3-17H2,1-2H3. The quantitative estimate of drug-likeness (QED) is 0.331. The van der Waals surface area contributed by atoms with E-state index in [4.69, 9.17) is 9.41 Å². The van der Waals surface area contributed by atoms with Gasteiger partial charge < -0.3 is 14.6 Å². The fraction of sp³-hybridized carbons (Fsp3) is 0.567. The number of hydrogen-bond donors (Lipinski definition) is 1. The van der Waals surface area contributed by atoms with Gasteiger partial charge in [0.25, 0.3) is 0 Å². The number of nitrogens with zero attached hydrogens (tertiary/aromatic N) is 2. The average molecular weight is 458 g/mol. The maximum Gasteiger partial charge on any atom is 0.142 e. The molecule has 34 heavy (non-hydrogen) atoms. The monoisotopic (exact) mass is 457 g/mol. The molecule has 0 bridgehead atoms. The van der Waals surface area contributed by atoms with E-state index in [0.717, 1.165) is 49.9 Å². The minimum Gasteiger partial charge on any atom is -0.455 e. The summed E-state index contributed by atoms with van der Waals surface area (Å²) in [6.45, 7) is 8.87. The van der Waals surface area contributed by atoms with Crippen molar-refractivity contribution in [3.05, 3.63) is 39.7 Å². The van der Waals surface area contributed by atoms with Gasteiger partial charge in [0.05, 0.1) is 5.36 Å². The highest BCUT2D eigenvalue weighted by molar-refractivity contribution is 5.98. The van der Waals surface area contributed by atoms with Gasteiger partial charge in [0.1, 0.15) is 11.2 Å². The Bertz CT molecular complexity index is 1300. The van der Waals surface area contributed by atoms with Gasteiger partial charge in [0, 0.05) is 59.5 Å². The topological polar surface area (TPSA) is 40.8 Å². The first-order valence-electron chi connectivity index (χ1n) is 13.9. The molecule has 4 heteroatoms. The molecule has 1 N–H and O–H groups in total. The fourth-order valence-corrected chi connectivity index (χ4v) is 6.47. The van der Waals surface area contributed by atoms with Gasteiger partial charge in [-0.25, -0.2) is 0 Å². The second kappa shape index (κ2) is 9.28. The highest BCUT2D eigenvalue weighted by Gasteiger charge is 2.28. The summed E-state index contributed by atoms with van der Waals surface area (Å²) in [6, 6.07) is 4.87. The van der Waals surface area contributed by atoms with Crippen molar-refractivity contribution in [3.8, 4) is 0 Å². The summed E-state index contributed by atoms with van der Waals surface area (Å²) in [6.07, 6.45) is 12.9. The maximum atomic E-state index is 6.99. The molecule has 0 spiro atoms. The van der Waals surface area contributed by atoms with E-state index >= 15 is 0 Å². The minimum absolute atomic E-state index is 0.892. The Morgan fingerprint density at radius 2 is 1.68 bits per heavy atom. The first-order chi connectivity index (χ1) is 16.8. The Morgan fingerprint density at radius 1 is 0.912 bits per heavy atom. The number of hydrogen-bond acceptors (Lipinski definition) is 4. The number of aryl methyl sites for hydroxylation is 4. The highest BCUT2D eigenvalue weighted by Crippen LogP contribution is 2.42. The lowest BCUT2D eigenvalue weighted by Crippen LogP contribution is -2.34. The molecule has 0 atom stereocenters. The Labute approximate surface area is 203 Å². The van der Waals surface area contributed by atoms with Crippen LogP contribution in [0.4, 0.5) is 11.4 Å². The normalized spacial score (nSPS) is 17.7. The van der Waals surface area contributed by atoms with Crippen molar-refractivity contribution in [2.45, 2.75) is 84.5 Å². The molecular weight excluding hydrogens is 418 g/mol. The van der Waals surface area contributed by atoms with Gasteiger partial charge in [-0.05, 0) is 81.0 Å². The molecule has 0 aliphatic carbocycles. The number of rotatable bonds is 6. The molecule has 4 heterocycles. The van der Waals surface area contributed by atoms with Crippen molar-refractivity contribution in [3.63, 3.8) is 0 Å². The summed E-state index contributed by atoms with van der Waals surface area (Å²) >= 11 is 0. The molecule has 0 amide bonds. The molecule has 180 valence electrons. The van der Waals surface area contributed by atoms with E-state index in [0.29, 0.717) is 0 Å². The van der Waals surface area contributed by atoms with E-state index in [-0.39, 0.29) is 0 Å². The fourth-order valence-electron chi connectivity index (χ4n) is 6.47. The van der Waals surface area contributed by atoms with Crippen molar-refractivity contribution in [1.29, 1.82) is 0 Å². The lowest BCUT2D eigenvalue weighted by Gasteiger charge is -2.37. The van der Waals surface area contributed by atoms with Crippen LogP contribution in [0.15, 0.2) is 21.5 Å². The summed E-state index contributed by atoms with van der Waals surface area (Å²) in [5, 5.41) is 7.44. The highest BCUT2D eigenvalue weighted by atomic mass is 16.3. The molecule has 1 aromatic heterocycles. The molecule has 6 rings (SSSR count). The largest absolute Gasteiger partial charge is 0.455 e. The molecule has 0 radical (unpaired) electrons. The van der Waals surface area contributed by atoms with Crippen LogP contribution < -0.4 is 15.6 Å². The Balaban J connectivity index is 1.71. The molecular formula is C30H39N3O. The summed E-state index contributed by atoms with van der Waals surface area (Å²) in [5.41, 5.74) is 10.8. The molecule has 3 aliphatic heterocycles. The number of benzene rings is 2. The zero-order valence-corrected chi connectivity index (χ0v) is 21.1. The van der Waals surface area contributed by atoms with Gasteiger partial charge in [0.15, 0.2) is 0 Å². The predicted molar refractivity (Wildman–Crippen MR) is 143 cm³/mol. The maximum absolute atomic E-state index is 6.99. The molecule has 0 saturated carbocycles. The number of unbranched alkanes of at least 4 members (excludes halogenated alkanes) is 2. The van der Waals surface area contributed by atoms with Crippen LogP contribution in [0.5, 0.6) is 0 Å². The molecule has 0 unspecified atom stereocenters. The van der Waals surface area contributed by atoms with Gasteiger partial charge in [-0.2, -0.15) is 0 Å². The molecule has 4 nitrogen and oxygen atoms in total. The SMILES string of the molecule is CCCCN=c1c2cc(CCCC)c3c(c2oc2c4c5c(cc12)CCCN5CCC4)CCCN3. The lowest BCUT2D eigenvalue weighted by molar-refractivity contribution is 0.610. The second-order valence-electron chi connectivity index (χ2n) is 10.5. The van der Waals surface area contributed by atoms with Crippen molar-refractivity contribution in [2.24, 2.45) is 4.99 Å². The van der Waals surface area contributed by atoms with Crippen LogP contribution in [-0.4, -0.2) is 26.2 Å². The van der Waals surface area contributed by atoms with Crippen LogP contribution in [0.25, 0.3) is 21.9 Å². The van der Waals surface area contributed by atoms with Crippen LogP contribution in [0.2, 0.25) is 0 Å². The first kappa shape index (κ1) is 22.0. The van der Waals surface area contributed by atoms with E-state index in [2.05, 4.69) is 36.2 Å². The molecule has 0 fully saturated rings. The van der Waals surface area contributed by atoms with Gasteiger partial charge in [-0.15, -0.1) is 0 Å². The zero-order chi connectivity index (χ0) is 23.1.